The third kappa shape index (κ3) is 2.87. The lowest BCUT2D eigenvalue weighted by Gasteiger charge is -2.19. The Morgan fingerprint density at radius 3 is 2.53 bits per heavy atom. The van der Waals surface area contributed by atoms with Crippen molar-refractivity contribution in [3.8, 4) is 11.8 Å². The zero-order chi connectivity index (χ0) is 13.9. The Morgan fingerprint density at radius 1 is 1.42 bits per heavy atom. The summed E-state index contributed by atoms with van der Waals surface area (Å²) in [6.45, 7) is 0.634. The Morgan fingerprint density at radius 2 is 2.05 bits per heavy atom. The highest BCUT2D eigenvalue weighted by molar-refractivity contribution is 5.88. The second kappa shape index (κ2) is 5.31. The molecule has 0 radical (unpaired) electrons. The molecule has 2 rings (SSSR count). The molecule has 4 heteroatoms. The van der Waals surface area contributed by atoms with Crippen molar-refractivity contribution in [3.63, 3.8) is 0 Å². The molecule has 0 atom stereocenters. The number of hydrogen-bond donors (Lipinski definition) is 0. The van der Waals surface area contributed by atoms with E-state index in [1.807, 2.05) is 24.3 Å². The maximum Gasteiger partial charge on any atom is 0.242 e. The molecule has 1 aliphatic carbocycles. The largest absolute Gasteiger partial charge is 0.497 e. The molecule has 0 N–H and O–H groups in total. The molecule has 1 amide bonds. The van der Waals surface area contributed by atoms with Gasteiger partial charge in [-0.05, 0) is 37.0 Å². The van der Waals surface area contributed by atoms with Crippen LogP contribution in [0.2, 0.25) is 0 Å². The average Bonchev–Trinajstić information content (AvgIpc) is 3.25. The number of methoxy groups -OCH3 is 1. The minimum atomic E-state index is -0.714. The van der Waals surface area contributed by atoms with E-state index >= 15 is 0 Å². The first-order valence-electron chi connectivity index (χ1n) is 6.41. The fraction of sp³-hybridized carbons (Fsp3) is 0.467. The zero-order valence-electron chi connectivity index (χ0n) is 11.3. The molecule has 0 saturated heterocycles. The monoisotopic (exact) mass is 258 g/mol. The third-order valence-corrected chi connectivity index (χ3v) is 3.62. The van der Waals surface area contributed by atoms with E-state index < -0.39 is 5.41 Å². The molecule has 4 nitrogen and oxygen atoms in total. The Labute approximate surface area is 113 Å². The number of hydrogen-bond acceptors (Lipinski definition) is 3. The smallest absolute Gasteiger partial charge is 0.242 e. The molecular formula is C15H18N2O2. The van der Waals surface area contributed by atoms with Gasteiger partial charge in [0, 0.05) is 13.6 Å². The molecule has 0 unspecified atom stereocenters. The van der Waals surface area contributed by atoms with Gasteiger partial charge in [-0.2, -0.15) is 5.26 Å². The maximum atomic E-state index is 12.1. The number of nitrogens with zero attached hydrogens (tertiary/aromatic N) is 2. The van der Waals surface area contributed by atoms with Gasteiger partial charge in [-0.25, -0.2) is 0 Å². The van der Waals surface area contributed by atoms with Gasteiger partial charge < -0.3 is 9.64 Å². The molecule has 1 aromatic rings. The average molecular weight is 258 g/mol. The quantitative estimate of drug-likeness (QED) is 0.811. The van der Waals surface area contributed by atoms with Crippen LogP contribution in [0.3, 0.4) is 0 Å². The molecule has 0 spiro atoms. The molecule has 100 valence electrons. The number of ether oxygens (including phenoxy) is 1. The Bertz CT molecular complexity index is 498. The van der Waals surface area contributed by atoms with Crippen LogP contribution in [0.4, 0.5) is 0 Å². The third-order valence-electron chi connectivity index (χ3n) is 3.62. The second-order valence-electron chi connectivity index (χ2n) is 5.02. The second-order valence-corrected chi connectivity index (χ2v) is 5.02. The highest BCUT2D eigenvalue weighted by Gasteiger charge is 2.51. The molecule has 0 bridgehead atoms. The van der Waals surface area contributed by atoms with Crippen LogP contribution in [0, 0.1) is 16.7 Å². The van der Waals surface area contributed by atoms with Crippen LogP contribution >= 0.6 is 0 Å². The summed E-state index contributed by atoms with van der Waals surface area (Å²) < 4.78 is 5.10. The number of benzene rings is 1. The SMILES string of the molecule is COc1ccc(CCN(C)C(=O)C2(C#N)CC2)cc1. The van der Waals surface area contributed by atoms with Crippen molar-refractivity contribution in [3.05, 3.63) is 29.8 Å². The van der Waals surface area contributed by atoms with Crippen LogP contribution in [0.15, 0.2) is 24.3 Å². The van der Waals surface area contributed by atoms with Gasteiger partial charge in [0.1, 0.15) is 11.2 Å². The van der Waals surface area contributed by atoms with E-state index in [0.717, 1.165) is 17.7 Å². The van der Waals surface area contributed by atoms with E-state index in [1.54, 1.807) is 19.1 Å². The number of carbonyl (C=O) groups excluding carboxylic acids is 1. The Balaban J connectivity index is 1.88. The number of carbonyl (C=O) groups is 1. The van der Waals surface area contributed by atoms with Crippen molar-refractivity contribution >= 4 is 5.91 Å². The molecular weight excluding hydrogens is 240 g/mol. The van der Waals surface area contributed by atoms with Crippen molar-refractivity contribution < 1.29 is 9.53 Å². The van der Waals surface area contributed by atoms with Crippen molar-refractivity contribution in [2.75, 3.05) is 20.7 Å². The van der Waals surface area contributed by atoms with Gasteiger partial charge in [0.2, 0.25) is 5.91 Å². The van der Waals surface area contributed by atoms with Gasteiger partial charge in [-0.3, -0.25) is 4.79 Å². The van der Waals surface area contributed by atoms with E-state index in [9.17, 15) is 4.79 Å². The first-order valence-corrected chi connectivity index (χ1v) is 6.41. The van der Waals surface area contributed by atoms with E-state index in [2.05, 4.69) is 6.07 Å². The van der Waals surface area contributed by atoms with Gasteiger partial charge in [0.15, 0.2) is 0 Å². The lowest BCUT2D eigenvalue weighted by Crippen LogP contribution is -2.34. The highest BCUT2D eigenvalue weighted by Crippen LogP contribution is 2.46. The number of amides is 1. The van der Waals surface area contributed by atoms with Crippen LogP contribution in [-0.4, -0.2) is 31.5 Å². The summed E-state index contributed by atoms with van der Waals surface area (Å²) in [5, 5.41) is 9.01. The molecule has 19 heavy (non-hydrogen) atoms. The maximum absolute atomic E-state index is 12.1. The predicted octanol–water partition coefficient (Wildman–Crippen LogP) is 2.00. The van der Waals surface area contributed by atoms with Crippen molar-refractivity contribution in [1.29, 1.82) is 5.26 Å². The van der Waals surface area contributed by atoms with Crippen molar-refractivity contribution in [1.82, 2.24) is 4.90 Å². The van der Waals surface area contributed by atoms with Crippen LogP contribution in [0.25, 0.3) is 0 Å². The molecule has 0 heterocycles. The molecule has 0 aromatic heterocycles. The minimum Gasteiger partial charge on any atom is -0.497 e. The summed E-state index contributed by atoms with van der Waals surface area (Å²) in [5.74, 6) is 0.790. The standard InChI is InChI=1S/C15H18N2O2/c1-17(14(18)15(11-16)8-9-15)10-7-12-3-5-13(19-2)6-4-12/h3-6H,7-10H2,1-2H3. The summed E-state index contributed by atoms with van der Waals surface area (Å²) in [6, 6.07) is 9.95. The molecule has 1 aliphatic rings. The van der Waals surface area contributed by atoms with Crippen LogP contribution in [0.1, 0.15) is 18.4 Å². The van der Waals surface area contributed by atoms with Gasteiger partial charge in [0.05, 0.1) is 13.2 Å². The fourth-order valence-corrected chi connectivity index (χ4v) is 2.05. The summed E-state index contributed by atoms with van der Waals surface area (Å²) in [6.07, 6.45) is 2.19. The normalized spacial score (nSPS) is 15.4. The molecule has 0 aliphatic heterocycles. The lowest BCUT2D eigenvalue weighted by atomic mass is 10.1. The first-order chi connectivity index (χ1) is 9.11. The molecule has 1 saturated carbocycles. The summed E-state index contributed by atoms with van der Waals surface area (Å²) >= 11 is 0. The fourth-order valence-electron chi connectivity index (χ4n) is 2.05. The van der Waals surface area contributed by atoms with E-state index in [4.69, 9.17) is 10.00 Å². The van der Waals surface area contributed by atoms with Gasteiger partial charge in [-0.1, -0.05) is 12.1 Å². The lowest BCUT2D eigenvalue weighted by molar-refractivity contribution is -0.133. The Kier molecular flexibility index (Phi) is 3.75. The van der Waals surface area contributed by atoms with E-state index in [-0.39, 0.29) is 5.91 Å². The highest BCUT2D eigenvalue weighted by atomic mass is 16.5. The number of likely N-dealkylation sites (N-methyl/N-ethyl adjacent to an activating group) is 1. The summed E-state index contributed by atoms with van der Waals surface area (Å²) in [5.41, 5.74) is 0.441. The van der Waals surface area contributed by atoms with Crippen LogP contribution in [0.5, 0.6) is 5.75 Å². The van der Waals surface area contributed by atoms with E-state index in [0.29, 0.717) is 19.4 Å². The predicted molar refractivity (Wildman–Crippen MR) is 71.6 cm³/mol. The van der Waals surface area contributed by atoms with Crippen molar-refractivity contribution in [2.24, 2.45) is 5.41 Å². The van der Waals surface area contributed by atoms with Gasteiger partial charge in [0.25, 0.3) is 0 Å². The number of nitriles is 1. The Hall–Kier alpha value is -2.02. The summed E-state index contributed by atoms with van der Waals surface area (Å²) in [7, 11) is 3.40. The number of rotatable bonds is 5. The van der Waals surface area contributed by atoms with Crippen LogP contribution < -0.4 is 4.74 Å². The van der Waals surface area contributed by atoms with Crippen molar-refractivity contribution in [2.45, 2.75) is 19.3 Å². The molecule has 1 fully saturated rings. The van der Waals surface area contributed by atoms with Gasteiger partial charge in [-0.15, -0.1) is 0 Å². The van der Waals surface area contributed by atoms with E-state index in [1.165, 1.54) is 0 Å². The first kappa shape index (κ1) is 13.4. The summed E-state index contributed by atoms with van der Waals surface area (Å²) in [4.78, 5) is 13.7. The molecule has 1 aromatic carbocycles. The van der Waals surface area contributed by atoms with Crippen LogP contribution in [-0.2, 0) is 11.2 Å². The minimum absolute atomic E-state index is 0.0384. The zero-order valence-corrected chi connectivity index (χ0v) is 11.3. The topological polar surface area (TPSA) is 53.3 Å². The van der Waals surface area contributed by atoms with Gasteiger partial charge >= 0.3 is 0 Å².